The van der Waals surface area contributed by atoms with Crippen molar-refractivity contribution in [2.24, 2.45) is 17.8 Å². The average molecular weight is 348 g/mol. The third kappa shape index (κ3) is 3.41. The minimum Gasteiger partial charge on any atom is -0.503 e. The van der Waals surface area contributed by atoms with Crippen LogP contribution in [0.4, 0.5) is 0 Å². The van der Waals surface area contributed by atoms with Gasteiger partial charge in [-0.25, -0.2) is 4.98 Å². The van der Waals surface area contributed by atoms with E-state index in [1.807, 2.05) is 13.8 Å². The Morgan fingerprint density at radius 2 is 2.04 bits per heavy atom. The van der Waals surface area contributed by atoms with Crippen molar-refractivity contribution in [3.8, 4) is 11.5 Å². The number of pyridine rings is 1. The Balaban J connectivity index is 1.62. The minimum atomic E-state index is -0.421. The number of nitrogens with one attached hydrogen (secondary N) is 1. The van der Waals surface area contributed by atoms with Crippen LogP contribution in [0.5, 0.6) is 11.5 Å². The maximum Gasteiger partial charge on any atom is 0.309 e. The highest BCUT2D eigenvalue weighted by Crippen LogP contribution is 2.49. The highest BCUT2D eigenvalue weighted by Gasteiger charge is 2.49. The quantitative estimate of drug-likeness (QED) is 0.789. The first-order valence-corrected chi connectivity index (χ1v) is 8.64. The number of aromatic nitrogens is 1. The van der Waals surface area contributed by atoms with Gasteiger partial charge in [-0.1, -0.05) is 0 Å². The van der Waals surface area contributed by atoms with Crippen molar-refractivity contribution in [3.05, 3.63) is 18.0 Å². The van der Waals surface area contributed by atoms with Crippen LogP contribution in [-0.2, 0) is 9.53 Å². The molecule has 2 fully saturated rings. The van der Waals surface area contributed by atoms with Crippen LogP contribution in [0, 0.1) is 17.8 Å². The Kier molecular flexibility index (Phi) is 4.83. The molecule has 7 heteroatoms. The molecule has 1 heterocycles. The molecule has 2 saturated carbocycles. The molecule has 0 saturated heterocycles. The van der Waals surface area contributed by atoms with E-state index in [1.54, 1.807) is 0 Å². The van der Waals surface area contributed by atoms with E-state index in [2.05, 4.69) is 10.3 Å². The summed E-state index contributed by atoms with van der Waals surface area (Å²) in [4.78, 5) is 28.5. The molecule has 2 bridgehead atoms. The molecule has 0 aliphatic heterocycles. The van der Waals surface area contributed by atoms with Gasteiger partial charge >= 0.3 is 5.97 Å². The van der Waals surface area contributed by atoms with Gasteiger partial charge in [-0.05, 0) is 44.9 Å². The van der Waals surface area contributed by atoms with E-state index in [4.69, 9.17) is 9.47 Å². The lowest BCUT2D eigenvalue weighted by Gasteiger charge is -2.28. The van der Waals surface area contributed by atoms with E-state index < -0.39 is 5.91 Å². The molecule has 2 unspecified atom stereocenters. The number of amides is 1. The van der Waals surface area contributed by atoms with Crippen molar-refractivity contribution < 1.29 is 24.2 Å². The molecule has 0 radical (unpaired) electrons. The van der Waals surface area contributed by atoms with E-state index in [9.17, 15) is 14.7 Å². The molecule has 2 aliphatic carbocycles. The number of rotatable bonds is 5. The molecular formula is C18H24N2O5. The van der Waals surface area contributed by atoms with Crippen LogP contribution in [-0.4, -0.2) is 41.2 Å². The molecule has 3 rings (SSSR count). The van der Waals surface area contributed by atoms with Crippen LogP contribution in [0.3, 0.4) is 0 Å². The van der Waals surface area contributed by atoms with Gasteiger partial charge in [-0.15, -0.1) is 0 Å². The number of hydrogen-bond donors (Lipinski definition) is 2. The van der Waals surface area contributed by atoms with Crippen LogP contribution in [0.15, 0.2) is 12.3 Å². The van der Waals surface area contributed by atoms with E-state index in [0.717, 1.165) is 19.3 Å². The monoisotopic (exact) mass is 348 g/mol. The zero-order valence-corrected chi connectivity index (χ0v) is 14.7. The summed E-state index contributed by atoms with van der Waals surface area (Å²) in [6.45, 7) is 3.70. The summed E-state index contributed by atoms with van der Waals surface area (Å²) < 4.78 is 10.3. The summed E-state index contributed by atoms with van der Waals surface area (Å²) >= 11 is 0. The van der Waals surface area contributed by atoms with E-state index in [-0.39, 0.29) is 53.1 Å². The highest BCUT2D eigenvalue weighted by atomic mass is 16.5. The predicted molar refractivity (Wildman–Crippen MR) is 89.3 cm³/mol. The topological polar surface area (TPSA) is 97.8 Å². The third-order valence-electron chi connectivity index (χ3n) is 5.15. The second kappa shape index (κ2) is 6.90. The van der Waals surface area contributed by atoms with Gasteiger partial charge < -0.3 is 19.9 Å². The van der Waals surface area contributed by atoms with E-state index >= 15 is 0 Å². The van der Waals surface area contributed by atoms with E-state index in [1.165, 1.54) is 19.4 Å². The van der Waals surface area contributed by atoms with E-state index in [0.29, 0.717) is 0 Å². The number of hydrogen-bond acceptors (Lipinski definition) is 6. The Bertz CT molecular complexity index is 675. The zero-order valence-electron chi connectivity index (χ0n) is 14.7. The Morgan fingerprint density at radius 1 is 1.28 bits per heavy atom. The summed E-state index contributed by atoms with van der Waals surface area (Å²) in [5.74, 6) is -0.160. The van der Waals surface area contributed by atoms with Gasteiger partial charge in [0.1, 0.15) is 0 Å². The molecule has 0 aromatic carbocycles. The van der Waals surface area contributed by atoms with Gasteiger partial charge in [0, 0.05) is 18.3 Å². The Labute approximate surface area is 146 Å². The summed E-state index contributed by atoms with van der Waals surface area (Å²) in [5.41, 5.74) is -0.0436. The van der Waals surface area contributed by atoms with Crippen molar-refractivity contribution in [2.45, 2.75) is 45.3 Å². The molecule has 7 nitrogen and oxygen atoms in total. The first kappa shape index (κ1) is 17.5. The van der Waals surface area contributed by atoms with Crippen LogP contribution >= 0.6 is 0 Å². The van der Waals surface area contributed by atoms with Crippen molar-refractivity contribution >= 4 is 11.9 Å². The van der Waals surface area contributed by atoms with Crippen molar-refractivity contribution in [2.75, 3.05) is 7.11 Å². The van der Waals surface area contributed by atoms with Crippen LogP contribution < -0.4 is 10.1 Å². The second-order valence-electron chi connectivity index (χ2n) is 7.11. The van der Waals surface area contributed by atoms with Gasteiger partial charge in [-0.2, -0.15) is 0 Å². The first-order valence-electron chi connectivity index (χ1n) is 8.64. The largest absolute Gasteiger partial charge is 0.503 e. The van der Waals surface area contributed by atoms with Crippen molar-refractivity contribution in [1.82, 2.24) is 10.3 Å². The standard InChI is InChI=1S/C18H24N2O5/c1-9(2)25-18(23)12-7-11-6-10(12)8-13(11)20-17(22)15-16(21)14(24-3)4-5-19-15/h4-5,9-13,21H,6-8H2,1-3H3,(H,20,22)/t10?,11?,12-,13-/m1/s1. The Morgan fingerprint density at radius 3 is 2.64 bits per heavy atom. The first-order chi connectivity index (χ1) is 11.9. The molecule has 0 spiro atoms. The van der Waals surface area contributed by atoms with Crippen LogP contribution in [0.1, 0.15) is 43.6 Å². The summed E-state index contributed by atoms with van der Waals surface area (Å²) in [6.07, 6.45) is 3.72. The maximum absolute atomic E-state index is 12.4. The number of ether oxygens (including phenoxy) is 2. The van der Waals surface area contributed by atoms with Gasteiger partial charge in [0.25, 0.3) is 5.91 Å². The molecule has 1 aromatic heterocycles. The second-order valence-corrected chi connectivity index (χ2v) is 7.11. The van der Waals surface area contributed by atoms with Gasteiger partial charge in [0.05, 0.1) is 19.1 Å². The van der Waals surface area contributed by atoms with Crippen molar-refractivity contribution in [1.29, 1.82) is 0 Å². The fourth-order valence-electron chi connectivity index (χ4n) is 4.06. The molecule has 25 heavy (non-hydrogen) atoms. The highest BCUT2D eigenvalue weighted by molar-refractivity contribution is 5.95. The average Bonchev–Trinajstić information content (AvgIpc) is 3.14. The van der Waals surface area contributed by atoms with Gasteiger partial charge in [-0.3, -0.25) is 9.59 Å². The number of fused-ring (bicyclic) bond motifs is 2. The van der Waals surface area contributed by atoms with Gasteiger partial charge in [0.15, 0.2) is 17.2 Å². The minimum absolute atomic E-state index is 0.00648. The number of methoxy groups -OCH3 is 1. The smallest absolute Gasteiger partial charge is 0.309 e. The number of nitrogens with zero attached hydrogens (tertiary/aromatic N) is 1. The lowest BCUT2D eigenvalue weighted by Crippen LogP contribution is -2.41. The lowest BCUT2D eigenvalue weighted by molar-refractivity contribution is -0.154. The molecule has 136 valence electrons. The SMILES string of the molecule is COc1ccnc(C(=O)N[C@@H]2CC3CC2C[C@H]3C(=O)OC(C)C)c1O. The molecule has 2 N–H and O–H groups in total. The molecule has 1 aromatic rings. The van der Waals surface area contributed by atoms with Crippen LogP contribution in [0.2, 0.25) is 0 Å². The molecular weight excluding hydrogens is 324 g/mol. The lowest BCUT2D eigenvalue weighted by atomic mass is 9.86. The molecule has 1 amide bonds. The number of carbonyl (C=O) groups is 2. The number of carbonyl (C=O) groups excluding carboxylic acids is 2. The molecule has 2 aliphatic rings. The summed E-state index contributed by atoms with van der Waals surface area (Å²) in [6, 6.07) is 1.49. The fraction of sp³-hybridized carbons (Fsp3) is 0.611. The number of aromatic hydroxyl groups is 1. The third-order valence-corrected chi connectivity index (χ3v) is 5.15. The normalized spacial score (nSPS) is 27.4. The maximum atomic E-state index is 12.4. The fourth-order valence-corrected chi connectivity index (χ4v) is 4.06. The summed E-state index contributed by atoms with van der Waals surface area (Å²) in [7, 11) is 1.42. The van der Waals surface area contributed by atoms with Gasteiger partial charge in [0.2, 0.25) is 0 Å². The molecule has 4 atom stereocenters. The Hall–Kier alpha value is -2.31. The van der Waals surface area contributed by atoms with Crippen LogP contribution in [0.25, 0.3) is 0 Å². The summed E-state index contributed by atoms with van der Waals surface area (Å²) in [5, 5.41) is 13.0. The predicted octanol–water partition coefficient (Wildman–Crippen LogP) is 1.89. The zero-order chi connectivity index (χ0) is 18.1. The number of esters is 1. The van der Waals surface area contributed by atoms with Crippen molar-refractivity contribution in [3.63, 3.8) is 0 Å².